The van der Waals surface area contributed by atoms with E-state index >= 15 is 0 Å². The Morgan fingerprint density at radius 1 is 1.25 bits per heavy atom. The average Bonchev–Trinajstić information content (AvgIpc) is 2.40. The topological polar surface area (TPSA) is 27.1 Å². The Hall–Kier alpha value is -0.470. The van der Waals surface area contributed by atoms with E-state index in [0.29, 0.717) is 0 Å². The van der Waals surface area contributed by atoms with Gasteiger partial charge in [-0.2, -0.15) is 18.3 Å². The van der Waals surface area contributed by atoms with Gasteiger partial charge in [-0.15, -0.1) is 0 Å². The SMILES string of the molecule is COc1c(I)nn(C(C)(C)C)c1C(F)(F)F. The molecule has 0 fully saturated rings. The summed E-state index contributed by atoms with van der Waals surface area (Å²) >= 11 is 1.73. The van der Waals surface area contributed by atoms with E-state index in [2.05, 4.69) is 5.10 Å². The molecule has 0 aromatic carbocycles. The summed E-state index contributed by atoms with van der Waals surface area (Å²) in [5.41, 5.74) is -1.59. The third kappa shape index (κ3) is 2.44. The molecule has 0 N–H and O–H groups in total. The highest BCUT2D eigenvalue weighted by Crippen LogP contribution is 2.40. The molecule has 0 unspecified atom stereocenters. The first-order valence-electron chi connectivity index (χ1n) is 4.49. The highest BCUT2D eigenvalue weighted by molar-refractivity contribution is 14.1. The van der Waals surface area contributed by atoms with Gasteiger partial charge in [0, 0.05) is 0 Å². The Bertz CT molecular complexity index is 393. The number of halogens is 4. The molecule has 3 nitrogen and oxygen atoms in total. The number of alkyl halides is 3. The Labute approximate surface area is 105 Å². The van der Waals surface area contributed by atoms with Gasteiger partial charge in [0.25, 0.3) is 0 Å². The van der Waals surface area contributed by atoms with Crippen molar-refractivity contribution in [3.63, 3.8) is 0 Å². The van der Waals surface area contributed by atoms with Crippen LogP contribution in [0.3, 0.4) is 0 Å². The Balaban J connectivity index is 3.52. The van der Waals surface area contributed by atoms with Crippen molar-refractivity contribution in [1.29, 1.82) is 0 Å². The molecule has 0 aliphatic heterocycles. The van der Waals surface area contributed by atoms with Crippen molar-refractivity contribution in [3.8, 4) is 5.75 Å². The van der Waals surface area contributed by atoms with Crippen LogP contribution in [0, 0.1) is 3.70 Å². The zero-order valence-electron chi connectivity index (χ0n) is 9.31. The van der Waals surface area contributed by atoms with Crippen LogP contribution in [-0.4, -0.2) is 16.9 Å². The Morgan fingerprint density at radius 2 is 1.75 bits per heavy atom. The van der Waals surface area contributed by atoms with E-state index in [0.717, 1.165) is 4.68 Å². The molecule has 0 aliphatic rings. The summed E-state index contributed by atoms with van der Waals surface area (Å²) in [5.74, 6) is -0.219. The van der Waals surface area contributed by atoms with Crippen molar-refractivity contribution >= 4 is 22.6 Å². The number of rotatable bonds is 1. The zero-order chi connectivity index (χ0) is 12.7. The van der Waals surface area contributed by atoms with E-state index in [9.17, 15) is 13.2 Å². The molecule has 1 rings (SSSR count). The number of ether oxygens (including phenoxy) is 1. The summed E-state index contributed by atoms with van der Waals surface area (Å²) < 4.78 is 44.6. The first-order valence-corrected chi connectivity index (χ1v) is 5.57. The van der Waals surface area contributed by atoms with Crippen molar-refractivity contribution in [3.05, 3.63) is 9.39 Å². The number of aromatic nitrogens is 2. The van der Waals surface area contributed by atoms with Crippen LogP contribution in [0.2, 0.25) is 0 Å². The smallest absolute Gasteiger partial charge is 0.436 e. The summed E-state index contributed by atoms with van der Waals surface area (Å²) in [6.07, 6.45) is -4.48. The first kappa shape index (κ1) is 13.6. The second-order valence-electron chi connectivity index (χ2n) is 4.25. The quantitative estimate of drug-likeness (QED) is 0.729. The van der Waals surface area contributed by atoms with E-state index in [4.69, 9.17) is 4.74 Å². The molecule has 1 aromatic heterocycles. The number of methoxy groups -OCH3 is 1. The molecule has 0 radical (unpaired) electrons. The lowest BCUT2D eigenvalue weighted by molar-refractivity contribution is -0.147. The van der Waals surface area contributed by atoms with Gasteiger partial charge in [-0.1, -0.05) is 0 Å². The predicted molar refractivity (Wildman–Crippen MR) is 61.5 cm³/mol. The minimum atomic E-state index is -4.48. The largest absolute Gasteiger partial charge is 0.492 e. The lowest BCUT2D eigenvalue weighted by Crippen LogP contribution is -2.29. The molecule has 0 atom stereocenters. The first-order chi connectivity index (χ1) is 7.09. The maximum absolute atomic E-state index is 12.9. The fourth-order valence-electron chi connectivity index (χ4n) is 1.29. The van der Waals surface area contributed by atoms with Gasteiger partial charge in [-0.3, -0.25) is 4.68 Å². The molecule has 1 aromatic rings. The van der Waals surface area contributed by atoms with Crippen LogP contribution in [0.25, 0.3) is 0 Å². The molecule has 16 heavy (non-hydrogen) atoms. The fraction of sp³-hybridized carbons (Fsp3) is 0.667. The van der Waals surface area contributed by atoms with Crippen molar-refractivity contribution in [2.75, 3.05) is 7.11 Å². The van der Waals surface area contributed by atoms with Crippen LogP contribution < -0.4 is 4.74 Å². The van der Waals surface area contributed by atoms with E-state index in [1.807, 2.05) is 0 Å². The Kier molecular flexibility index (Phi) is 3.47. The number of nitrogens with zero attached hydrogens (tertiary/aromatic N) is 2. The van der Waals surface area contributed by atoms with E-state index in [1.165, 1.54) is 7.11 Å². The van der Waals surface area contributed by atoms with Crippen LogP contribution in [0.4, 0.5) is 13.2 Å². The normalized spacial score (nSPS) is 13.0. The minimum Gasteiger partial charge on any atom is -0.492 e. The van der Waals surface area contributed by atoms with E-state index in [-0.39, 0.29) is 9.45 Å². The third-order valence-corrected chi connectivity index (χ3v) is 2.62. The van der Waals surface area contributed by atoms with Crippen LogP contribution in [0.1, 0.15) is 26.5 Å². The molecule has 0 saturated heterocycles. The van der Waals surface area contributed by atoms with Gasteiger partial charge in [0.1, 0.15) is 0 Å². The predicted octanol–water partition coefficient (Wildman–Crippen LogP) is 3.27. The highest BCUT2D eigenvalue weighted by Gasteiger charge is 2.43. The van der Waals surface area contributed by atoms with Gasteiger partial charge >= 0.3 is 6.18 Å². The van der Waals surface area contributed by atoms with Gasteiger partial charge in [0.05, 0.1) is 12.6 Å². The molecule has 0 aliphatic carbocycles. The van der Waals surface area contributed by atoms with Crippen LogP contribution in [-0.2, 0) is 11.7 Å². The van der Waals surface area contributed by atoms with Gasteiger partial charge in [-0.25, -0.2) is 0 Å². The molecule has 0 amide bonds. The molecular weight excluding hydrogens is 336 g/mol. The molecule has 1 heterocycles. The second-order valence-corrected chi connectivity index (χ2v) is 5.27. The van der Waals surface area contributed by atoms with E-state index < -0.39 is 17.4 Å². The average molecular weight is 348 g/mol. The highest BCUT2D eigenvalue weighted by atomic mass is 127. The molecule has 0 saturated carbocycles. The van der Waals surface area contributed by atoms with Crippen LogP contribution in [0.5, 0.6) is 5.75 Å². The zero-order valence-corrected chi connectivity index (χ0v) is 11.5. The van der Waals surface area contributed by atoms with Crippen molar-refractivity contribution in [2.45, 2.75) is 32.5 Å². The minimum absolute atomic E-state index is 0.211. The standard InChI is InChI=1S/C9H12F3IN2O/c1-8(2,3)15-6(9(10,11)12)5(16-4)7(13)14-15/h1-4H3. The molecule has 7 heteroatoms. The van der Waals surface area contributed by atoms with Gasteiger partial charge in [0.15, 0.2) is 15.1 Å². The molecule has 0 bridgehead atoms. The Morgan fingerprint density at radius 3 is 2.06 bits per heavy atom. The van der Waals surface area contributed by atoms with Gasteiger partial charge < -0.3 is 4.74 Å². The van der Waals surface area contributed by atoms with Gasteiger partial charge in [-0.05, 0) is 43.4 Å². The van der Waals surface area contributed by atoms with Crippen molar-refractivity contribution in [1.82, 2.24) is 9.78 Å². The van der Waals surface area contributed by atoms with Crippen LogP contribution >= 0.6 is 22.6 Å². The summed E-state index contributed by atoms with van der Waals surface area (Å²) in [6, 6.07) is 0. The summed E-state index contributed by atoms with van der Waals surface area (Å²) in [7, 11) is 1.21. The maximum Gasteiger partial charge on any atom is 0.436 e. The summed E-state index contributed by atoms with van der Waals surface area (Å²) in [4.78, 5) is 0. The number of hydrogen-bond donors (Lipinski definition) is 0. The van der Waals surface area contributed by atoms with Crippen LogP contribution in [0.15, 0.2) is 0 Å². The fourth-order valence-corrected chi connectivity index (χ4v) is 1.98. The number of hydrogen-bond acceptors (Lipinski definition) is 2. The monoisotopic (exact) mass is 348 g/mol. The second kappa shape index (κ2) is 4.08. The van der Waals surface area contributed by atoms with E-state index in [1.54, 1.807) is 43.4 Å². The molecular formula is C9H12F3IN2O. The molecule has 92 valence electrons. The lowest BCUT2D eigenvalue weighted by Gasteiger charge is -2.23. The third-order valence-electron chi connectivity index (χ3n) is 1.91. The maximum atomic E-state index is 12.9. The summed E-state index contributed by atoms with van der Waals surface area (Å²) in [5, 5.41) is 3.88. The summed E-state index contributed by atoms with van der Waals surface area (Å²) in [6.45, 7) is 4.97. The van der Waals surface area contributed by atoms with Crippen molar-refractivity contribution < 1.29 is 17.9 Å². The van der Waals surface area contributed by atoms with Crippen molar-refractivity contribution in [2.24, 2.45) is 0 Å². The van der Waals surface area contributed by atoms with Gasteiger partial charge in [0.2, 0.25) is 0 Å². The molecule has 0 spiro atoms. The lowest BCUT2D eigenvalue weighted by atomic mass is 10.1.